The van der Waals surface area contributed by atoms with Crippen molar-refractivity contribution in [2.24, 2.45) is 0 Å². The maximum Gasteiger partial charge on any atom is 0.0194 e. The van der Waals surface area contributed by atoms with Gasteiger partial charge in [-0.25, -0.2) is 0 Å². The third-order valence-corrected chi connectivity index (χ3v) is 2.83. The molecule has 0 bridgehead atoms. The molecule has 0 aromatic rings. The van der Waals surface area contributed by atoms with Gasteiger partial charge in [-0.15, -0.1) is 0 Å². The van der Waals surface area contributed by atoms with E-state index >= 15 is 0 Å². The normalized spacial score (nSPS) is 13.8. The molecule has 1 N–H and O–H groups in total. The molecule has 15 heavy (non-hydrogen) atoms. The molecule has 0 rings (SSSR count). The lowest BCUT2D eigenvalue weighted by Crippen LogP contribution is -2.44. The van der Waals surface area contributed by atoms with E-state index in [1.165, 1.54) is 32.4 Å². The number of rotatable bonds is 9. The largest absolute Gasteiger partial charge is 0.313 e. The van der Waals surface area contributed by atoms with Crippen LogP contribution in [0.5, 0.6) is 0 Å². The molecule has 0 spiro atoms. The lowest BCUT2D eigenvalue weighted by Gasteiger charge is -2.30. The van der Waals surface area contributed by atoms with Gasteiger partial charge in [0.1, 0.15) is 0 Å². The lowest BCUT2D eigenvalue weighted by atomic mass is 10.1. The van der Waals surface area contributed by atoms with Crippen molar-refractivity contribution in [3.8, 4) is 0 Å². The van der Waals surface area contributed by atoms with Gasteiger partial charge < -0.3 is 5.32 Å². The standard InChI is InChI=1S/C13H30N2/c1-6-9-13(14-8-3)11-15(10-7-2)12(4)5/h12-14H,6-11H2,1-5H3. The van der Waals surface area contributed by atoms with E-state index in [0.717, 1.165) is 6.54 Å². The van der Waals surface area contributed by atoms with Crippen LogP contribution in [-0.2, 0) is 0 Å². The van der Waals surface area contributed by atoms with Crippen LogP contribution in [0.15, 0.2) is 0 Å². The zero-order valence-corrected chi connectivity index (χ0v) is 11.3. The molecule has 2 heteroatoms. The Bertz CT molecular complexity index is 128. The molecule has 0 fully saturated rings. The first-order valence-corrected chi connectivity index (χ1v) is 6.63. The maximum absolute atomic E-state index is 3.59. The van der Waals surface area contributed by atoms with Gasteiger partial charge in [-0.1, -0.05) is 27.2 Å². The van der Waals surface area contributed by atoms with Gasteiger partial charge in [0.25, 0.3) is 0 Å². The van der Waals surface area contributed by atoms with E-state index in [0.29, 0.717) is 12.1 Å². The molecule has 92 valence electrons. The first-order valence-electron chi connectivity index (χ1n) is 6.63. The third-order valence-electron chi connectivity index (χ3n) is 2.83. The highest BCUT2D eigenvalue weighted by Gasteiger charge is 2.14. The summed E-state index contributed by atoms with van der Waals surface area (Å²) in [6.45, 7) is 14.8. The molecule has 0 aliphatic rings. The Kier molecular flexibility index (Phi) is 9.12. The summed E-state index contributed by atoms with van der Waals surface area (Å²) in [4.78, 5) is 2.59. The fourth-order valence-electron chi connectivity index (χ4n) is 2.03. The van der Waals surface area contributed by atoms with Gasteiger partial charge in [-0.05, 0) is 39.8 Å². The molecule has 1 atom stereocenters. The van der Waals surface area contributed by atoms with E-state index in [4.69, 9.17) is 0 Å². The van der Waals surface area contributed by atoms with Crippen LogP contribution in [0.25, 0.3) is 0 Å². The minimum Gasteiger partial charge on any atom is -0.313 e. The molecule has 2 nitrogen and oxygen atoms in total. The molecule has 1 unspecified atom stereocenters. The van der Waals surface area contributed by atoms with E-state index in [9.17, 15) is 0 Å². The smallest absolute Gasteiger partial charge is 0.0194 e. The van der Waals surface area contributed by atoms with Crippen molar-refractivity contribution in [1.82, 2.24) is 10.2 Å². The predicted octanol–water partition coefficient (Wildman–Crippen LogP) is 2.89. The molecule has 0 aliphatic carbocycles. The molecule has 0 radical (unpaired) electrons. The molecule has 0 heterocycles. The molecular weight excluding hydrogens is 184 g/mol. The number of hydrogen-bond acceptors (Lipinski definition) is 2. The molecular formula is C13H30N2. The average Bonchev–Trinajstić information content (AvgIpc) is 2.17. The van der Waals surface area contributed by atoms with E-state index in [2.05, 4.69) is 44.8 Å². The molecule has 0 aliphatic heterocycles. The van der Waals surface area contributed by atoms with Crippen molar-refractivity contribution in [3.63, 3.8) is 0 Å². The highest BCUT2D eigenvalue weighted by molar-refractivity contribution is 4.73. The number of hydrogen-bond donors (Lipinski definition) is 1. The number of nitrogens with one attached hydrogen (secondary N) is 1. The monoisotopic (exact) mass is 214 g/mol. The summed E-state index contributed by atoms with van der Waals surface area (Å²) < 4.78 is 0. The topological polar surface area (TPSA) is 15.3 Å². The fraction of sp³-hybridized carbons (Fsp3) is 1.00. The minimum absolute atomic E-state index is 0.669. The summed E-state index contributed by atoms with van der Waals surface area (Å²) in [6.07, 6.45) is 3.82. The summed E-state index contributed by atoms with van der Waals surface area (Å²) in [5.74, 6) is 0. The van der Waals surface area contributed by atoms with Gasteiger partial charge in [0.05, 0.1) is 0 Å². The van der Waals surface area contributed by atoms with Gasteiger partial charge >= 0.3 is 0 Å². The van der Waals surface area contributed by atoms with Crippen molar-refractivity contribution in [2.75, 3.05) is 19.6 Å². The summed E-state index contributed by atoms with van der Waals surface area (Å²) in [7, 11) is 0. The summed E-state index contributed by atoms with van der Waals surface area (Å²) in [5.41, 5.74) is 0. The molecule has 0 aromatic carbocycles. The van der Waals surface area contributed by atoms with Crippen LogP contribution in [0.3, 0.4) is 0 Å². The second kappa shape index (κ2) is 9.17. The predicted molar refractivity (Wildman–Crippen MR) is 69.4 cm³/mol. The van der Waals surface area contributed by atoms with Crippen LogP contribution in [0.2, 0.25) is 0 Å². The van der Waals surface area contributed by atoms with Gasteiger partial charge in [-0.2, -0.15) is 0 Å². The molecule has 0 aromatic heterocycles. The molecule has 0 saturated carbocycles. The Labute approximate surface area is 96.4 Å². The summed E-state index contributed by atoms with van der Waals surface area (Å²) >= 11 is 0. The van der Waals surface area contributed by atoms with Crippen molar-refractivity contribution >= 4 is 0 Å². The fourth-order valence-corrected chi connectivity index (χ4v) is 2.03. The van der Waals surface area contributed by atoms with Crippen LogP contribution < -0.4 is 5.32 Å². The Morgan fingerprint density at radius 2 is 1.73 bits per heavy atom. The van der Waals surface area contributed by atoms with E-state index < -0.39 is 0 Å². The number of nitrogens with zero attached hydrogens (tertiary/aromatic N) is 1. The lowest BCUT2D eigenvalue weighted by molar-refractivity contribution is 0.194. The van der Waals surface area contributed by atoms with Crippen LogP contribution >= 0.6 is 0 Å². The van der Waals surface area contributed by atoms with Gasteiger partial charge in [-0.3, -0.25) is 4.90 Å². The maximum atomic E-state index is 3.59. The zero-order valence-electron chi connectivity index (χ0n) is 11.3. The Morgan fingerprint density at radius 3 is 2.13 bits per heavy atom. The van der Waals surface area contributed by atoms with E-state index in [1.54, 1.807) is 0 Å². The average molecular weight is 214 g/mol. The van der Waals surface area contributed by atoms with E-state index in [-0.39, 0.29) is 0 Å². The van der Waals surface area contributed by atoms with Gasteiger partial charge in [0.15, 0.2) is 0 Å². The second-order valence-corrected chi connectivity index (χ2v) is 4.63. The first-order chi connectivity index (χ1) is 7.15. The molecule has 0 saturated heterocycles. The van der Waals surface area contributed by atoms with Gasteiger partial charge in [0.2, 0.25) is 0 Å². The van der Waals surface area contributed by atoms with Crippen molar-refractivity contribution < 1.29 is 0 Å². The van der Waals surface area contributed by atoms with Crippen LogP contribution in [0.1, 0.15) is 53.9 Å². The Hall–Kier alpha value is -0.0800. The second-order valence-electron chi connectivity index (χ2n) is 4.63. The van der Waals surface area contributed by atoms with Crippen molar-refractivity contribution in [3.05, 3.63) is 0 Å². The van der Waals surface area contributed by atoms with Crippen molar-refractivity contribution in [2.45, 2.75) is 66.0 Å². The highest BCUT2D eigenvalue weighted by Crippen LogP contribution is 2.05. The van der Waals surface area contributed by atoms with Crippen LogP contribution in [-0.4, -0.2) is 36.6 Å². The summed E-state index contributed by atoms with van der Waals surface area (Å²) in [5, 5.41) is 3.59. The summed E-state index contributed by atoms with van der Waals surface area (Å²) in [6, 6.07) is 1.34. The van der Waals surface area contributed by atoms with Crippen LogP contribution in [0, 0.1) is 0 Å². The Balaban J connectivity index is 4.06. The Morgan fingerprint density at radius 1 is 1.07 bits per heavy atom. The zero-order chi connectivity index (χ0) is 11.7. The third kappa shape index (κ3) is 6.91. The van der Waals surface area contributed by atoms with E-state index in [1.807, 2.05) is 0 Å². The van der Waals surface area contributed by atoms with Crippen LogP contribution in [0.4, 0.5) is 0 Å². The number of likely N-dealkylation sites (N-methyl/N-ethyl adjacent to an activating group) is 1. The van der Waals surface area contributed by atoms with Crippen molar-refractivity contribution in [1.29, 1.82) is 0 Å². The molecule has 0 amide bonds. The van der Waals surface area contributed by atoms with Gasteiger partial charge in [0, 0.05) is 18.6 Å². The minimum atomic E-state index is 0.669. The first kappa shape index (κ1) is 14.9. The quantitative estimate of drug-likeness (QED) is 0.635. The highest BCUT2D eigenvalue weighted by atomic mass is 15.2. The SMILES string of the molecule is CCCC(CN(CCC)C(C)C)NCC.